The minimum absolute atomic E-state index is 0.0451. The highest BCUT2D eigenvalue weighted by atomic mass is 16.5. The standard InChI is InChI=1S/C25H31NO5/c1-15-12-20(22-18-7-5-8-19(18)24(28)31-21(22)13-15)30-16(2)23(27)26-11-10-25(29)9-4-3-6-17(25)14-26/h12-13,16-17,29H,3-11,14H2,1-2H3. The molecule has 2 heterocycles. The zero-order valence-electron chi connectivity index (χ0n) is 18.4. The van der Waals surface area contributed by atoms with E-state index < -0.39 is 11.7 Å². The molecule has 3 atom stereocenters. The molecule has 6 heteroatoms. The molecule has 0 bridgehead atoms. The van der Waals surface area contributed by atoms with Gasteiger partial charge in [-0.2, -0.15) is 0 Å². The molecule has 6 nitrogen and oxygen atoms in total. The molecule has 2 aromatic rings. The Morgan fingerprint density at radius 3 is 2.87 bits per heavy atom. The number of hydrogen-bond acceptors (Lipinski definition) is 5. The van der Waals surface area contributed by atoms with Crippen molar-refractivity contribution in [2.24, 2.45) is 5.92 Å². The van der Waals surface area contributed by atoms with Crippen LogP contribution in [0.5, 0.6) is 5.75 Å². The monoisotopic (exact) mass is 425 g/mol. The number of likely N-dealkylation sites (tertiary alicyclic amines) is 1. The summed E-state index contributed by atoms with van der Waals surface area (Å²) in [7, 11) is 0. The maximum atomic E-state index is 13.2. The predicted octanol–water partition coefficient (Wildman–Crippen LogP) is 3.51. The molecule has 1 aromatic carbocycles. The van der Waals surface area contributed by atoms with Gasteiger partial charge < -0.3 is 19.2 Å². The van der Waals surface area contributed by atoms with Crippen LogP contribution in [0.4, 0.5) is 0 Å². The van der Waals surface area contributed by atoms with Crippen LogP contribution in [0.25, 0.3) is 11.0 Å². The van der Waals surface area contributed by atoms with Crippen LogP contribution in [0.1, 0.15) is 62.1 Å². The Hall–Kier alpha value is -2.34. The normalized spacial score (nSPS) is 26.4. The second-order valence-corrected chi connectivity index (χ2v) is 9.68. The first-order valence-electron chi connectivity index (χ1n) is 11.6. The number of piperidine rings is 1. The molecule has 2 aliphatic carbocycles. The fraction of sp³-hybridized carbons (Fsp3) is 0.600. The summed E-state index contributed by atoms with van der Waals surface area (Å²) in [5, 5.41) is 11.8. The Bertz CT molecular complexity index is 1090. The van der Waals surface area contributed by atoms with Gasteiger partial charge in [-0.25, -0.2) is 4.79 Å². The molecule has 2 fully saturated rings. The summed E-state index contributed by atoms with van der Waals surface area (Å²) in [6.07, 6.45) is 6.48. The van der Waals surface area contributed by atoms with Crippen molar-refractivity contribution in [3.63, 3.8) is 0 Å². The first-order valence-corrected chi connectivity index (χ1v) is 11.6. The third-order valence-electron chi connectivity index (χ3n) is 7.57. The lowest BCUT2D eigenvalue weighted by atomic mass is 9.71. The van der Waals surface area contributed by atoms with Gasteiger partial charge >= 0.3 is 5.63 Å². The molecule has 5 rings (SSSR count). The van der Waals surface area contributed by atoms with Crippen molar-refractivity contribution in [3.8, 4) is 5.75 Å². The fourth-order valence-electron chi connectivity index (χ4n) is 5.87. The highest BCUT2D eigenvalue weighted by Gasteiger charge is 2.44. The number of hydrogen-bond donors (Lipinski definition) is 1. The van der Waals surface area contributed by atoms with E-state index in [-0.39, 0.29) is 17.5 Å². The smallest absolute Gasteiger partial charge is 0.339 e. The summed E-state index contributed by atoms with van der Waals surface area (Å²) >= 11 is 0. The lowest BCUT2D eigenvalue weighted by molar-refractivity contribution is -0.149. The van der Waals surface area contributed by atoms with Crippen molar-refractivity contribution in [1.29, 1.82) is 0 Å². The SMILES string of the molecule is Cc1cc(OC(C)C(=O)N2CCC3(O)CCCCC3C2)c2c3c(c(=O)oc2c1)CCC3. The van der Waals surface area contributed by atoms with Gasteiger partial charge in [0.1, 0.15) is 11.3 Å². The minimum Gasteiger partial charge on any atom is -0.480 e. The van der Waals surface area contributed by atoms with E-state index in [2.05, 4.69) is 0 Å². The number of carbonyl (C=O) groups is 1. The maximum Gasteiger partial charge on any atom is 0.339 e. The van der Waals surface area contributed by atoms with E-state index in [4.69, 9.17) is 9.15 Å². The second-order valence-electron chi connectivity index (χ2n) is 9.68. The Morgan fingerprint density at radius 1 is 1.23 bits per heavy atom. The molecule has 3 unspecified atom stereocenters. The van der Waals surface area contributed by atoms with Crippen molar-refractivity contribution < 1.29 is 19.1 Å². The molecule has 31 heavy (non-hydrogen) atoms. The van der Waals surface area contributed by atoms with Crippen LogP contribution in [-0.2, 0) is 17.6 Å². The number of benzene rings is 1. The van der Waals surface area contributed by atoms with E-state index in [0.29, 0.717) is 30.8 Å². The van der Waals surface area contributed by atoms with Crippen molar-refractivity contribution >= 4 is 16.9 Å². The molecule has 1 amide bonds. The fourth-order valence-corrected chi connectivity index (χ4v) is 5.87. The molecule has 166 valence electrons. The number of nitrogens with zero attached hydrogens (tertiary/aromatic N) is 1. The third-order valence-corrected chi connectivity index (χ3v) is 7.57. The molecule has 0 radical (unpaired) electrons. The number of fused-ring (bicyclic) bond motifs is 4. The number of aryl methyl sites for hydroxylation is 2. The number of rotatable bonds is 3. The van der Waals surface area contributed by atoms with E-state index in [1.54, 1.807) is 6.92 Å². The van der Waals surface area contributed by atoms with Gasteiger partial charge in [0.15, 0.2) is 6.10 Å². The number of aliphatic hydroxyl groups is 1. The average molecular weight is 426 g/mol. The summed E-state index contributed by atoms with van der Waals surface area (Å²) in [4.78, 5) is 27.4. The molecular weight excluding hydrogens is 394 g/mol. The van der Waals surface area contributed by atoms with E-state index in [1.165, 1.54) is 0 Å². The van der Waals surface area contributed by atoms with Gasteiger partial charge in [0.2, 0.25) is 0 Å². The summed E-state index contributed by atoms with van der Waals surface area (Å²) in [6, 6.07) is 3.80. The van der Waals surface area contributed by atoms with Gasteiger partial charge in [-0.05, 0) is 75.6 Å². The second kappa shape index (κ2) is 7.66. The van der Waals surface area contributed by atoms with Gasteiger partial charge in [0, 0.05) is 24.6 Å². The van der Waals surface area contributed by atoms with E-state index >= 15 is 0 Å². The van der Waals surface area contributed by atoms with Crippen LogP contribution >= 0.6 is 0 Å². The maximum absolute atomic E-state index is 13.2. The van der Waals surface area contributed by atoms with Gasteiger partial charge in [-0.3, -0.25) is 4.79 Å². The Morgan fingerprint density at radius 2 is 2.03 bits per heavy atom. The van der Waals surface area contributed by atoms with E-state index in [9.17, 15) is 14.7 Å². The lowest BCUT2D eigenvalue weighted by Gasteiger charge is -2.47. The molecule has 1 aliphatic heterocycles. The average Bonchev–Trinajstić information content (AvgIpc) is 3.22. The molecular formula is C25H31NO5. The summed E-state index contributed by atoms with van der Waals surface area (Å²) < 4.78 is 11.8. The van der Waals surface area contributed by atoms with Gasteiger partial charge in [-0.1, -0.05) is 12.8 Å². The van der Waals surface area contributed by atoms with Crippen molar-refractivity contribution in [3.05, 3.63) is 39.2 Å². The lowest BCUT2D eigenvalue weighted by Crippen LogP contribution is -2.56. The zero-order valence-corrected chi connectivity index (χ0v) is 18.4. The van der Waals surface area contributed by atoms with Crippen molar-refractivity contribution in [2.45, 2.75) is 76.9 Å². The van der Waals surface area contributed by atoms with Crippen LogP contribution in [0.2, 0.25) is 0 Å². The minimum atomic E-state index is -0.649. The van der Waals surface area contributed by atoms with Gasteiger partial charge in [-0.15, -0.1) is 0 Å². The first-order chi connectivity index (χ1) is 14.9. The summed E-state index contributed by atoms with van der Waals surface area (Å²) in [6.45, 7) is 4.89. The predicted molar refractivity (Wildman–Crippen MR) is 117 cm³/mol. The number of carbonyl (C=O) groups excluding carboxylic acids is 1. The number of amides is 1. The van der Waals surface area contributed by atoms with Gasteiger partial charge in [0.25, 0.3) is 5.91 Å². The van der Waals surface area contributed by atoms with Crippen LogP contribution < -0.4 is 10.4 Å². The third kappa shape index (κ3) is 3.55. The first kappa shape index (κ1) is 20.6. The number of ether oxygens (including phenoxy) is 1. The molecule has 1 saturated carbocycles. The van der Waals surface area contributed by atoms with E-state index in [1.807, 2.05) is 24.0 Å². The van der Waals surface area contributed by atoms with Crippen LogP contribution in [0.3, 0.4) is 0 Å². The topological polar surface area (TPSA) is 80.0 Å². The highest BCUT2D eigenvalue weighted by Crippen LogP contribution is 2.40. The summed E-state index contributed by atoms with van der Waals surface area (Å²) in [5.74, 6) is 0.726. The molecule has 1 saturated heterocycles. The Kier molecular flexibility index (Phi) is 5.08. The van der Waals surface area contributed by atoms with E-state index in [0.717, 1.165) is 67.0 Å². The van der Waals surface area contributed by atoms with Crippen molar-refractivity contribution in [2.75, 3.05) is 13.1 Å². The highest BCUT2D eigenvalue weighted by molar-refractivity contribution is 5.89. The molecule has 0 spiro atoms. The quantitative estimate of drug-likeness (QED) is 0.762. The Labute approximate surface area is 182 Å². The van der Waals surface area contributed by atoms with Crippen molar-refractivity contribution in [1.82, 2.24) is 4.90 Å². The van der Waals surface area contributed by atoms with Gasteiger partial charge in [0.05, 0.1) is 11.0 Å². The summed E-state index contributed by atoms with van der Waals surface area (Å²) in [5.41, 5.74) is 2.34. The van der Waals surface area contributed by atoms with Crippen LogP contribution in [-0.4, -0.2) is 40.7 Å². The zero-order chi connectivity index (χ0) is 21.8. The molecule has 1 aromatic heterocycles. The molecule has 3 aliphatic rings. The molecule has 1 N–H and O–H groups in total. The largest absolute Gasteiger partial charge is 0.480 e. The van der Waals surface area contributed by atoms with Crippen LogP contribution in [0, 0.1) is 12.8 Å². The Balaban J connectivity index is 1.40. The van der Waals surface area contributed by atoms with Crippen LogP contribution in [0.15, 0.2) is 21.3 Å².